The third kappa shape index (κ3) is 2.91. The highest BCUT2D eigenvalue weighted by atomic mass is 32.2. The van der Waals surface area contributed by atoms with E-state index in [2.05, 4.69) is 32.2 Å². The van der Waals surface area contributed by atoms with Crippen LogP contribution in [0.15, 0.2) is 11.4 Å². The first-order valence-electron chi connectivity index (χ1n) is 5.97. The van der Waals surface area contributed by atoms with Crippen molar-refractivity contribution in [2.24, 2.45) is 0 Å². The molecule has 0 bridgehead atoms. The smallest absolute Gasteiger partial charge is 0.225 e. The number of nitrogens with one attached hydrogen (secondary N) is 2. The third-order valence-corrected chi connectivity index (χ3v) is 3.43. The van der Waals surface area contributed by atoms with Crippen molar-refractivity contribution in [2.75, 3.05) is 18.5 Å². The molecule has 18 heavy (non-hydrogen) atoms. The zero-order valence-corrected chi connectivity index (χ0v) is 11.3. The van der Waals surface area contributed by atoms with Gasteiger partial charge in [-0.05, 0) is 6.42 Å². The normalized spacial score (nSPS) is 12.8. The highest BCUT2D eigenvalue weighted by Gasteiger charge is 2.13. The summed E-state index contributed by atoms with van der Waals surface area (Å²) in [5.41, 5.74) is 1.47. The molecule has 98 valence electrons. The second-order valence-corrected chi connectivity index (χ2v) is 5.42. The van der Waals surface area contributed by atoms with Crippen molar-refractivity contribution in [1.29, 1.82) is 0 Å². The van der Waals surface area contributed by atoms with Crippen molar-refractivity contribution in [3.05, 3.63) is 6.33 Å². The zero-order valence-electron chi connectivity index (χ0n) is 10.5. The lowest BCUT2D eigenvalue weighted by Crippen LogP contribution is -2.07. The molecular weight excluding hydrogens is 250 g/mol. The summed E-state index contributed by atoms with van der Waals surface area (Å²) >= 11 is 1.51. The second-order valence-electron chi connectivity index (χ2n) is 3.99. The van der Waals surface area contributed by atoms with Crippen molar-refractivity contribution in [3.8, 4) is 0 Å². The molecule has 0 amide bonds. The van der Waals surface area contributed by atoms with Crippen molar-refractivity contribution < 1.29 is 5.11 Å². The molecule has 2 aromatic rings. The van der Waals surface area contributed by atoms with E-state index in [0.717, 1.165) is 23.5 Å². The van der Waals surface area contributed by atoms with Gasteiger partial charge in [0.05, 0.1) is 12.9 Å². The van der Waals surface area contributed by atoms with E-state index in [1.54, 1.807) is 6.33 Å². The van der Waals surface area contributed by atoms with Crippen molar-refractivity contribution in [1.82, 2.24) is 19.9 Å². The van der Waals surface area contributed by atoms with Gasteiger partial charge in [-0.1, -0.05) is 25.6 Å². The van der Waals surface area contributed by atoms with Crippen LogP contribution < -0.4 is 5.32 Å². The molecule has 0 aliphatic heterocycles. The molecule has 3 N–H and O–H groups in total. The first kappa shape index (κ1) is 13.1. The Bertz CT molecular complexity index is 515. The van der Waals surface area contributed by atoms with Crippen LogP contribution in [-0.4, -0.2) is 43.4 Å². The highest BCUT2D eigenvalue weighted by molar-refractivity contribution is 8.00. The number of aromatic nitrogens is 4. The summed E-state index contributed by atoms with van der Waals surface area (Å²) in [6, 6.07) is 0. The number of imidazole rings is 1. The lowest BCUT2D eigenvalue weighted by molar-refractivity contribution is 0.300. The van der Waals surface area contributed by atoms with Gasteiger partial charge in [-0.2, -0.15) is 4.98 Å². The van der Waals surface area contributed by atoms with Crippen LogP contribution in [0.1, 0.15) is 20.3 Å². The molecule has 6 nitrogen and oxygen atoms in total. The molecule has 7 heteroatoms. The summed E-state index contributed by atoms with van der Waals surface area (Å²) in [6.07, 6.45) is 2.62. The predicted octanol–water partition coefficient (Wildman–Crippen LogP) is 1.65. The standard InChI is InChI=1S/C11H17N5OS/c1-3-4-12-11-15-9-8(13-6-14-9)10(16-11)18-7(2)5-17/h6-7,17H,3-5H2,1-2H3,(H2,12,13,14,15,16). The molecule has 0 aromatic carbocycles. The van der Waals surface area contributed by atoms with Gasteiger partial charge in [0.25, 0.3) is 0 Å². The van der Waals surface area contributed by atoms with Crippen LogP contribution in [0.3, 0.4) is 0 Å². The Balaban J connectivity index is 2.32. The first-order chi connectivity index (χ1) is 8.74. The maximum atomic E-state index is 9.12. The number of aromatic amines is 1. The Morgan fingerprint density at radius 2 is 2.33 bits per heavy atom. The van der Waals surface area contributed by atoms with Gasteiger partial charge in [0, 0.05) is 11.8 Å². The van der Waals surface area contributed by atoms with Crippen LogP contribution in [0.25, 0.3) is 11.2 Å². The summed E-state index contributed by atoms with van der Waals surface area (Å²) in [7, 11) is 0. The second kappa shape index (κ2) is 6.01. The molecule has 0 radical (unpaired) electrons. The molecule has 2 rings (SSSR count). The summed E-state index contributed by atoms with van der Waals surface area (Å²) in [5.74, 6) is 0.587. The van der Waals surface area contributed by atoms with Crippen LogP contribution in [-0.2, 0) is 0 Å². The molecule has 0 fully saturated rings. The van der Waals surface area contributed by atoms with E-state index in [0.29, 0.717) is 11.6 Å². The monoisotopic (exact) mass is 267 g/mol. The summed E-state index contributed by atoms with van der Waals surface area (Å²) in [5, 5.41) is 13.2. The topological polar surface area (TPSA) is 86.7 Å². The van der Waals surface area contributed by atoms with E-state index in [1.165, 1.54) is 11.8 Å². The minimum absolute atomic E-state index is 0.0884. The number of hydrogen-bond acceptors (Lipinski definition) is 6. The Kier molecular flexibility index (Phi) is 4.38. The number of thioether (sulfide) groups is 1. The SMILES string of the molecule is CCCNc1nc(SC(C)CO)c2[nH]cnc2n1. The zero-order chi connectivity index (χ0) is 13.0. The van der Waals surface area contributed by atoms with Gasteiger partial charge in [0.1, 0.15) is 10.5 Å². The summed E-state index contributed by atoms with van der Waals surface area (Å²) < 4.78 is 0. The molecule has 0 aliphatic rings. The molecule has 2 aromatic heterocycles. The van der Waals surface area contributed by atoms with Crippen molar-refractivity contribution >= 4 is 28.9 Å². The van der Waals surface area contributed by atoms with Crippen molar-refractivity contribution in [3.63, 3.8) is 0 Å². The van der Waals surface area contributed by atoms with Crippen LogP contribution >= 0.6 is 11.8 Å². The number of anilines is 1. The van der Waals surface area contributed by atoms with E-state index >= 15 is 0 Å². The molecular formula is C11H17N5OS. The van der Waals surface area contributed by atoms with Gasteiger partial charge in [-0.25, -0.2) is 9.97 Å². The van der Waals surface area contributed by atoms with E-state index in [4.69, 9.17) is 5.11 Å². The van der Waals surface area contributed by atoms with Gasteiger partial charge < -0.3 is 15.4 Å². The van der Waals surface area contributed by atoms with E-state index in [-0.39, 0.29) is 11.9 Å². The Labute approximate surface area is 110 Å². The quantitative estimate of drug-likeness (QED) is 0.545. The fourth-order valence-electron chi connectivity index (χ4n) is 1.44. The van der Waals surface area contributed by atoms with Gasteiger partial charge in [-0.3, -0.25) is 0 Å². The first-order valence-corrected chi connectivity index (χ1v) is 6.85. The number of rotatable bonds is 6. The summed E-state index contributed by atoms with van der Waals surface area (Å²) in [4.78, 5) is 16.0. The molecule has 0 saturated carbocycles. The number of nitrogens with zero attached hydrogens (tertiary/aromatic N) is 3. The average molecular weight is 267 g/mol. The Hall–Kier alpha value is -1.34. The van der Waals surface area contributed by atoms with E-state index in [1.807, 2.05) is 6.92 Å². The van der Waals surface area contributed by atoms with Crippen LogP contribution in [0.4, 0.5) is 5.95 Å². The highest BCUT2D eigenvalue weighted by Crippen LogP contribution is 2.27. The lowest BCUT2D eigenvalue weighted by Gasteiger charge is -2.09. The number of aliphatic hydroxyl groups is 1. The number of hydrogen-bond donors (Lipinski definition) is 3. The number of aliphatic hydroxyl groups excluding tert-OH is 1. The van der Waals surface area contributed by atoms with E-state index < -0.39 is 0 Å². The largest absolute Gasteiger partial charge is 0.395 e. The minimum atomic E-state index is 0.0884. The van der Waals surface area contributed by atoms with Crippen LogP contribution in [0.5, 0.6) is 0 Å². The van der Waals surface area contributed by atoms with Crippen molar-refractivity contribution in [2.45, 2.75) is 30.5 Å². The number of fused-ring (bicyclic) bond motifs is 1. The van der Waals surface area contributed by atoms with Gasteiger partial charge in [-0.15, -0.1) is 0 Å². The Morgan fingerprint density at radius 3 is 3.06 bits per heavy atom. The molecule has 1 unspecified atom stereocenters. The fraction of sp³-hybridized carbons (Fsp3) is 0.545. The molecule has 2 heterocycles. The lowest BCUT2D eigenvalue weighted by atomic mass is 10.5. The van der Waals surface area contributed by atoms with Crippen LogP contribution in [0.2, 0.25) is 0 Å². The Morgan fingerprint density at radius 1 is 1.50 bits per heavy atom. The summed E-state index contributed by atoms with van der Waals surface area (Å²) in [6.45, 7) is 4.98. The molecule has 0 saturated heterocycles. The minimum Gasteiger partial charge on any atom is -0.395 e. The maximum absolute atomic E-state index is 9.12. The van der Waals surface area contributed by atoms with E-state index in [9.17, 15) is 0 Å². The predicted molar refractivity (Wildman–Crippen MR) is 72.9 cm³/mol. The van der Waals surface area contributed by atoms with Crippen LogP contribution in [0, 0.1) is 0 Å². The number of H-pyrrole nitrogens is 1. The maximum Gasteiger partial charge on any atom is 0.225 e. The third-order valence-electron chi connectivity index (χ3n) is 2.36. The molecule has 0 aliphatic carbocycles. The van der Waals surface area contributed by atoms with Gasteiger partial charge in [0.2, 0.25) is 5.95 Å². The fourth-order valence-corrected chi connectivity index (χ4v) is 2.30. The molecule has 0 spiro atoms. The molecule has 1 atom stereocenters. The van der Waals surface area contributed by atoms with Gasteiger partial charge in [0.15, 0.2) is 5.65 Å². The average Bonchev–Trinajstić information content (AvgIpc) is 2.84. The van der Waals surface area contributed by atoms with Gasteiger partial charge >= 0.3 is 0 Å².